The molecule has 1 atom stereocenters. The largest absolute Gasteiger partial charge is 0.351 e. The predicted molar refractivity (Wildman–Crippen MR) is 74.2 cm³/mol. The molecule has 0 bridgehead atoms. The van der Waals surface area contributed by atoms with E-state index in [9.17, 15) is 0 Å². The maximum atomic E-state index is 3.60. The fourth-order valence-electron chi connectivity index (χ4n) is 2.13. The maximum Gasteiger partial charge on any atom is 0.0362 e. The van der Waals surface area contributed by atoms with Crippen molar-refractivity contribution in [1.82, 2.24) is 14.8 Å². The first kappa shape index (κ1) is 14.3. The van der Waals surface area contributed by atoms with Crippen molar-refractivity contribution in [1.29, 1.82) is 0 Å². The quantitative estimate of drug-likeness (QED) is 0.749. The van der Waals surface area contributed by atoms with Gasteiger partial charge in [0.1, 0.15) is 0 Å². The molecule has 0 aliphatic rings. The van der Waals surface area contributed by atoms with E-state index in [0.29, 0.717) is 6.04 Å². The lowest BCUT2D eigenvalue weighted by Gasteiger charge is -2.23. The van der Waals surface area contributed by atoms with Gasteiger partial charge in [0.25, 0.3) is 0 Å². The van der Waals surface area contributed by atoms with Gasteiger partial charge < -0.3 is 14.8 Å². The number of aryl methyl sites for hydroxylation is 1. The van der Waals surface area contributed by atoms with Gasteiger partial charge in [-0.1, -0.05) is 13.8 Å². The van der Waals surface area contributed by atoms with Crippen molar-refractivity contribution >= 4 is 0 Å². The van der Waals surface area contributed by atoms with E-state index in [0.717, 1.165) is 32.7 Å². The molecule has 0 saturated carbocycles. The molecule has 1 rings (SSSR count). The van der Waals surface area contributed by atoms with Crippen LogP contribution in [0.1, 0.15) is 33.4 Å². The monoisotopic (exact) mass is 237 g/mol. The average molecular weight is 237 g/mol. The van der Waals surface area contributed by atoms with E-state index in [1.54, 1.807) is 0 Å². The number of rotatable bonds is 8. The number of likely N-dealkylation sites (N-methyl/N-ethyl adjacent to an activating group) is 1. The Bertz CT molecular complexity index is 302. The number of aromatic nitrogens is 1. The molecule has 0 aliphatic carbocycles. The first-order valence-electron chi connectivity index (χ1n) is 6.80. The molecule has 0 aliphatic heterocycles. The molecule has 1 aromatic heterocycles. The molecule has 0 aromatic carbocycles. The summed E-state index contributed by atoms with van der Waals surface area (Å²) in [6.45, 7) is 14.3. The first-order chi connectivity index (χ1) is 8.21. The zero-order valence-electron chi connectivity index (χ0n) is 11.7. The van der Waals surface area contributed by atoms with E-state index in [4.69, 9.17) is 0 Å². The number of nitrogens with one attached hydrogen (secondary N) is 1. The van der Waals surface area contributed by atoms with Gasteiger partial charge in [-0.15, -0.1) is 0 Å². The number of hydrogen-bond donors (Lipinski definition) is 1. The molecule has 0 amide bonds. The van der Waals surface area contributed by atoms with E-state index >= 15 is 0 Å². The highest BCUT2D eigenvalue weighted by atomic mass is 15.1. The zero-order valence-corrected chi connectivity index (χ0v) is 11.7. The molecule has 1 aromatic rings. The number of hydrogen-bond acceptors (Lipinski definition) is 2. The summed E-state index contributed by atoms with van der Waals surface area (Å²) in [6.07, 6.45) is 2.14. The van der Waals surface area contributed by atoms with Crippen LogP contribution < -0.4 is 5.32 Å². The van der Waals surface area contributed by atoms with Crippen molar-refractivity contribution in [2.24, 2.45) is 0 Å². The van der Waals surface area contributed by atoms with Gasteiger partial charge in [0.15, 0.2) is 0 Å². The fraction of sp³-hybridized carbons (Fsp3) is 0.714. The molecule has 1 N–H and O–H groups in total. The van der Waals surface area contributed by atoms with Gasteiger partial charge in [-0.3, -0.25) is 0 Å². The lowest BCUT2D eigenvalue weighted by atomic mass is 10.3. The van der Waals surface area contributed by atoms with Crippen LogP contribution in [0.3, 0.4) is 0 Å². The van der Waals surface area contributed by atoms with Crippen molar-refractivity contribution in [3.8, 4) is 0 Å². The van der Waals surface area contributed by atoms with Crippen LogP contribution in [0.25, 0.3) is 0 Å². The van der Waals surface area contributed by atoms with Crippen LogP contribution in [0.4, 0.5) is 0 Å². The second-order valence-electron chi connectivity index (χ2n) is 4.55. The molecule has 17 heavy (non-hydrogen) atoms. The summed E-state index contributed by atoms with van der Waals surface area (Å²) in [4.78, 5) is 2.45. The molecule has 3 nitrogen and oxygen atoms in total. The third-order valence-corrected chi connectivity index (χ3v) is 3.32. The summed E-state index contributed by atoms with van der Waals surface area (Å²) in [5.74, 6) is 0. The summed E-state index contributed by atoms with van der Waals surface area (Å²) in [5.41, 5.74) is 1.37. The third-order valence-electron chi connectivity index (χ3n) is 3.32. The molecule has 1 unspecified atom stereocenters. The smallest absolute Gasteiger partial charge is 0.0362 e. The summed E-state index contributed by atoms with van der Waals surface area (Å²) < 4.78 is 2.29. The first-order valence-corrected chi connectivity index (χ1v) is 6.80. The van der Waals surface area contributed by atoms with Crippen LogP contribution >= 0.6 is 0 Å². The fourth-order valence-corrected chi connectivity index (χ4v) is 2.13. The Balaban J connectivity index is 2.35. The second kappa shape index (κ2) is 7.51. The van der Waals surface area contributed by atoms with Gasteiger partial charge in [0, 0.05) is 37.6 Å². The van der Waals surface area contributed by atoms with Crippen LogP contribution in [-0.2, 0) is 13.1 Å². The Hall–Kier alpha value is -0.800. The van der Waals surface area contributed by atoms with Crippen LogP contribution in [-0.4, -0.2) is 35.1 Å². The van der Waals surface area contributed by atoms with E-state index < -0.39 is 0 Å². The molecular formula is C14H27N3. The van der Waals surface area contributed by atoms with E-state index in [1.807, 2.05) is 0 Å². The minimum atomic E-state index is 0.537. The molecule has 0 saturated heterocycles. The van der Waals surface area contributed by atoms with Gasteiger partial charge in [-0.2, -0.15) is 0 Å². The molecular weight excluding hydrogens is 210 g/mol. The maximum absolute atomic E-state index is 3.60. The highest BCUT2D eigenvalue weighted by Crippen LogP contribution is 2.02. The van der Waals surface area contributed by atoms with Crippen molar-refractivity contribution in [2.45, 2.75) is 46.8 Å². The Morgan fingerprint density at radius 2 is 2.00 bits per heavy atom. The van der Waals surface area contributed by atoms with Gasteiger partial charge in [0.2, 0.25) is 0 Å². The summed E-state index contributed by atoms with van der Waals surface area (Å²) >= 11 is 0. The SMILES string of the molecule is CCN(CC)CC(C)NCc1cccn1CC. The third kappa shape index (κ3) is 4.52. The van der Waals surface area contributed by atoms with Crippen molar-refractivity contribution in [2.75, 3.05) is 19.6 Å². The molecule has 98 valence electrons. The van der Waals surface area contributed by atoms with Gasteiger partial charge in [-0.25, -0.2) is 0 Å². The Kier molecular flexibility index (Phi) is 6.30. The summed E-state index contributed by atoms with van der Waals surface area (Å²) in [6, 6.07) is 4.85. The topological polar surface area (TPSA) is 20.2 Å². The molecule has 0 spiro atoms. The van der Waals surface area contributed by atoms with Crippen molar-refractivity contribution in [3.05, 3.63) is 24.0 Å². The van der Waals surface area contributed by atoms with Crippen molar-refractivity contribution in [3.63, 3.8) is 0 Å². The lowest BCUT2D eigenvalue weighted by Crippen LogP contribution is -2.39. The Morgan fingerprint density at radius 1 is 1.29 bits per heavy atom. The normalized spacial score (nSPS) is 13.2. The molecule has 0 fully saturated rings. The van der Waals surface area contributed by atoms with Gasteiger partial charge in [-0.05, 0) is 39.1 Å². The van der Waals surface area contributed by atoms with E-state index in [2.05, 4.69) is 60.8 Å². The zero-order chi connectivity index (χ0) is 12.7. The highest BCUT2D eigenvalue weighted by molar-refractivity contribution is 5.06. The lowest BCUT2D eigenvalue weighted by molar-refractivity contribution is 0.270. The molecule has 0 radical (unpaired) electrons. The van der Waals surface area contributed by atoms with Gasteiger partial charge >= 0.3 is 0 Å². The second-order valence-corrected chi connectivity index (χ2v) is 4.55. The van der Waals surface area contributed by atoms with Crippen LogP contribution in [0.5, 0.6) is 0 Å². The Morgan fingerprint density at radius 3 is 2.59 bits per heavy atom. The predicted octanol–water partition coefficient (Wildman–Crippen LogP) is 2.33. The van der Waals surface area contributed by atoms with Gasteiger partial charge in [0.05, 0.1) is 0 Å². The minimum absolute atomic E-state index is 0.537. The summed E-state index contributed by atoms with van der Waals surface area (Å²) in [5, 5.41) is 3.60. The van der Waals surface area contributed by atoms with E-state index in [1.165, 1.54) is 5.69 Å². The summed E-state index contributed by atoms with van der Waals surface area (Å²) in [7, 11) is 0. The Labute approximate surface area is 106 Å². The minimum Gasteiger partial charge on any atom is -0.351 e. The number of nitrogens with zero attached hydrogens (tertiary/aromatic N) is 2. The highest BCUT2D eigenvalue weighted by Gasteiger charge is 2.07. The molecule has 1 heterocycles. The van der Waals surface area contributed by atoms with Crippen LogP contribution in [0, 0.1) is 0 Å². The molecule has 3 heteroatoms. The standard InChI is InChI=1S/C14H27N3/c1-5-16(6-2)12-13(4)15-11-14-9-8-10-17(14)7-3/h8-10,13,15H,5-7,11-12H2,1-4H3. The van der Waals surface area contributed by atoms with Crippen molar-refractivity contribution < 1.29 is 0 Å². The van der Waals surface area contributed by atoms with Crippen LogP contribution in [0.2, 0.25) is 0 Å². The van der Waals surface area contributed by atoms with E-state index in [-0.39, 0.29) is 0 Å². The van der Waals surface area contributed by atoms with Crippen LogP contribution in [0.15, 0.2) is 18.3 Å². The average Bonchev–Trinajstić information content (AvgIpc) is 2.80.